The lowest BCUT2D eigenvalue weighted by atomic mass is 9.75. The number of carboxylic acid groups (broad SMARTS) is 1. The number of aliphatic hydroxyl groups is 1. The first kappa shape index (κ1) is 30.8. The third-order valence-corrected chi connectivity index (χ3v) is 8.82. The second kappa shape index (κ2) is 13.2. The van der Waals surface area contributed by atoms with E-state index in [9.17, 15) is 19.5 Å². The summed E-state index contributed by atoms with van der Waals surface area (Å²) in [7, 11) is 0. The van der Waals surface area contributed by atoms with E-state index in [0.29, 0.717) is 44.0 Å². The van der Waals surface area contributed by atoms with Crippen molar-refractivity contribution in [3.63, 3.8) is 0 Å². The predicted octanol–water partition coefficient (Wildman–Crippen LogP) is 4.22. The van der Waals surface area contributed by atoms with Gasteiger partial charge in [0.15, 0.2) is 0 Å². The van der Waals surface area contributed by atoms with Crippen LogP contribution in [0.25, 0.3) is 0 Å². The molecule has 1 spiro atoms. The van der Waals surface area contributed by atoms with E-state index in [0.717, 1.165) is 44.2 Å². The number of rotatable bonds is 10. The van der Waals surface area contributed by atoms with Gasteiger partial charge in [-0.25, -0.2) is 4.79 Å². The zero-order chi connectivity index (χ0) is 28.3. The van der Waals surface area contributed by atoms with Crippen molar-refractivity contribution in [2.45, 2.75) is 76.1 Å². The number of carbonyl (C=O) groups excluding carboxylic acids is 2. The molecule has 2 aromatic rings. The van der Waals surface area contributed by atoms with E-state index >= 15 is 0 Å². The number of unbranched alkanes of at least 4 members (excludes halogenated alkanes) is 1. The van der Waals surface area contributed by atoms with E-state index < -0.39 is 23.7 Å². The van der Waals surface area contributed by atoms with Gasteiger partial charge in [0.25, 0.3) is 0 Å². The molecular weight excluding hydrogens is 546 g/mol. The van der Waals surface area contributed by atoms with Crippen LogP contribution in [0.2, 0.25) is 0 Å². The Morgan fingerprint density at radius 1 is 1.05 bits per heavy atom. The van der Waals surface area contributed by atoms with E-state index in [4.69, 9.17) is 9.84 Å². The number of ether oxygens (including phenoxy) is 1. The van der Waals surface area contributed by atoms with Crippen LogP contribution < -0.4 is 10.1 Å². The van der Waals surface area contributed by atoms with Crippen LogP contribution in [-0.4, -0.2) is 75.1 Å². The van der Waals surface area contributed by atoms with Gasteiger partial charge in [0.2, 0.25) is 11.8 Å². The number of carboxylic acids is 1. The average Bonchev–Trinajstić information content (AvgIpc) is 2.92. The maximum Gasteiger partial charge on any atom is 0.335 e. The number of halogens is 1. The smallest absolute Gasteiger partial charge is 0.335 e. The van der Waals surface area contributed by atoms with Crippen LogP contribution >= 0.6 is 12.4 Å². The number of piperidine rings is 1. The number of likely N-dealkylation sites (tertiary alicyclic amines) is 1. The number of piperazine rings is 1. The van der Waals surface area contributed by atoms with Crippen LogP contribution in [0.1, 0.15) is 67.8 Å². The van der Waals surface area contributed by atoms with Crippen molar-refractivity contribution in [3.8, 4) is 11.5 Å². The Labute approximate surface area is 247 Å². The van der Waals surface area contributed by atoms with Gasteiger partial charge in [0, 0.05) is 26.2 Å². The molecule has 9 nitrogen and oxygen atoms in total. The average molecular weight is 586 g/mol. The van der Waals surface area contributed by atoms with Crippen molar-refractivity contribution in [2.75, 3.05) is 19.6 Å². The van der Waals surface area contributed by atoms with Crippen LogP contribution in [0.5, 0.6) is 11.5 Å². The van der Waals surface area contributed by atoms with Crippen molar-refractivity contribution in [3.05, 3.63) is 59.7 Å². The van der Waals surface area contributed by atoms with Crippen molar-refractivity contribution >= 4 is 30.2 Å². The molecule has 2 atom stereocenters. The van der Waals surface area contributed by atoms with Crippen molar-refractivity contribution < 1.29 is 29.3 Å². The van der Waals surface area contributed by atoms with Gasteiger partial charge in [-0.3, -0.25) is 14.5 Å². The first-order valence-corrected chi connectivity index (χ1v) is 14.4. The summed E-state index contributed by atoms with van der Waals surface area (Å²) in [5, 5.41) is 22.8. The second-order valence-corrected chi connectivity index (χ2v) is 11.4. The highest BCUT2D eigenvalue weighted by atomic mass is 35.5. The molecule has 41 heavy (non-hydrogen) atoms. The normalized spacial score (nSPS) is 21.5. The first-order valence-electron chi connectivity index (χ1n) is 14.4. The van der Waals surface area contributed by atoms with Gasteiger partial charge in [-0.2, -0.15) is 0 Å². The molecule has 0 bridgehead atoms. The minimum Gasteiger partial charge on any atom is -0.478 e. The zero-order valence-electron chi connectivity index (χ0n) is 23.5. The number of nitrogens with zero attached hydrogens (tertiary/aromatic N) is 2. The lowest BCUT2D eigenvalue weighted by Gasteiger charge is -2.53. The van der Waals surface area contributed by atoms with Gasteiger partial charge in [-0.15, -0.1) is 12.4 Å². The Balaban J connectivity index is 0.00000387. The number of aliphatic hydroxyl groups excluding tert-OH is 1. The second-order valence-electron chi connectivity index (χ2n) is 11.4. The maximum atomic E-state index is 13.6. The number of benzene rings is 2. The van der Waals surface area contributed by atoms with Gasteiger partial charge in [-0.1, -0.05) is 31.9 Å². The Morgan fingerprint density at radius 2 is 1.66 bits per heavy atom. The van der Waals surface area contributed by atoms with Gasteiger partial charge < -0.3 is 25.2 Å². The molecule has 2 aliphatic heterocycles. The monoisotopic (exact) mass is 585 g/mol. The Hall–Kier alpha value is -3.14. The van der Waals surface area contributed by atoms with E-state index in [2.05, 4.69) is 17.1 Å². The van der Waals surface area contributed by atoms with E-state index in [-0.39, 0.29) is 35.7 Å². The molecule has 1 saturated carbocycles. The van der Waals surface area contributed by atoms with Crippen LogP contribution in [0, 0.1) is 5.92 Å². The lowest BCUT2D eigenvalue weighted by Crippen LogP contribution is -2.75. The molecule has 3 N–H and O–H groups in total. The minimum atomic E-state index is -0.976. The molecule has 5 rings (SSSR count). The molecule has 1 aliphatic carbocycles. The molecule has 2 amide bonds. The largest absolute Gasteiger partial charge is 0.478 e. The quantitative estimate of drug-likeness (QED) is 0.382. The highest BCUT2D eigenvalue weighted by molar-refractivity contribution is 6.00. The van der Waals surface area contributed by atoms with Crippen molar-refractivity contribution in [1.29, 1.82) is 0 Å². The molecule has 2 heterocycles. The summed E-state index contributed by atoms with van der Waals surface area (Å²) in [6.07, 6.45) is 4.94. The maximum absolute atomic E-state index is 13.6. The highest BCUT2D eigenvalue weighted by Gasteiger charge is 2.55. The number of aromatic carboxylic acids is 1. The summed E-state index contributed by atoms with van der Waals surface area (Å²) < 4.78 is 5.84. The highest BCUT2D eigenvalue weighted by Crippen LogP contribution is 2.37. The Bertz CT molecular complexity index is 1210. The van der Waals surface area contributed by atoms with Crippen LogP contribution in [0.4, 0.5) is 0 Å². The first-order chi connectivity index (χ1) is 19.3. The zero-order valence-corrected chi connectivity index (χ0v) is 24.3. The molecule has 2 saturated heterocycles. The topological polar surface area (TPSA) is 119 Å². The van der Waals surface area contributed by atoms with Gasteiger partial charge >= 0.3 is 5.97 Å². The summed E-state index contributed by atoms with van der Waals surface area (Å²) in [6, 6.07) is 13.2. The number of hydrogen-bond donors (Lipinski definition) is 3. The SMILES string of the molecule is CCCCN1C(=O)[C@@H]([C@H](O)C2CCC2)NC(=O)C12CCN(Cc1ccc(Oc3ccc(C(=O)O)cc3)cc1)CC2.Cl. The molecule has 222 valence electrons. The van der Waals surface area contributed by atoms with Crippen molar-refractivity contribution in [1.82, 2.24) is 15.1 Å². The fourth-order valence-electron chi connectivity index (χ4n) is 6.06. The third kappa shape index (κ3) is 6.52. The number of amides is 2. The summed E-state index contributed by atoms with van der Waals surface area (Å²) in [5.41, 5.74) is 0.466. The van der Waals surface area contributed by atoms with E-state index in [1.165, 1.54) is 12.1 Å². The summed E-state index contributed by atoms with van der Waals surface area (Å²) in [6.45, 7) is 4.71. The van der Waals surface area contributed by atoms with E-state index in [1.54, 1.807) is 17.0 Å². The molecular formula is C31H40ClN3O6. The van der Waals surface area contributed by atoms with Crippen molar-refractivity contribution in [2.24, 2.45) is 5.92 Å². The standard InChI is InChI=1S/C31H39N3O6.ClH/c1-2-3-17-34-28(36)26(27(35)22-5-4-6-22)32-30(39)31(34)15-18-33(19-16-31)20-21-7-11-24(12-8-21)40-25-13-9-23(10-14-25)29(37)38;/h7-14,22,26-27,35H,2-6,15-20H2,1H3,(H,32,39)(H,37,38);1H/t26-,27-;/m1./s1. The van der Waals surface area contributed by atoms with Gasteiger partial charge in [-0.05, 0) is 80.0 Å². The molecule has 0 unspecified atom stereocenters. The fourth-order valence-corrected chi connectivity index (χ4v) is 6.06. The summed E-state index contributed by atoms with van der Waals surface area (Å²) in [4.78, 5) is 42.3. The fraction of sp³-hybridized carbons (Fsp3) is 0.516. The molecule has 0 radical (unpaired) electrons. The molecule has 3 aliphatic rings. The van der Waals surface area contributed by atoms with Gasteiger partial charge in [0.05, 0.1) is 11.7 Å². The molecule has 0 aromatic heterocycles. The minimum absolute atomic E-state index is 0. The van der Waals surface area contributed by atoms with Gasteiger partial charge in [0.1, 0.15) is 23.1 Å². The van der Waals surface area contributed by atoms with Crippen LogP contribution in [-0.2, 0) is 16.1 Å². The summed E-state index contributed by atoms with van der Waals surface area (Å²) in [5.74, 6) is 0.0861. The summed E-state index contributed by atoms with van der Waals surface area (Å²) >= 11 is 0. The molecule has 2 aromatic carbocycles. The van der Waals surface area contributed by atoms with Crippen LogP contribution in [0.3, 0.4) is 0 Å². The lowest BCUT2D eigenvalue weighted by molar-refractivity contribution is -0.166. The van der Waals surface area contributed by atoms with E-state index in [1.807, 2.05) is 24.3 Å². The van der Waals surface area contributed by atoms with Crippen LogP contribution in [0.15, 0.2) is 48.5 Å². The molecule has 3 fully saturated rings. The number of carbonyl (C=O) groups is 3. The molecule has 10 heteroatoms. The predicted molar refractivity (Wildman–Crippen MR) is 156 cm³/mol. The number of nitrogens with one attached hydrogen (secondary N) is 1. The number of hydrogen-bond acceptors (Lipinski definition) is 6. The third-order valence-electron chi connectivity index (χ3n) is 8.82. The Kier molecular flexibility index (Phi) is 9.94. The Morgan fingerprint density at radius 3 is 2.20 bits per heavy atom.